The van der Waals surface area contributed by atoms with Crippen LogP contribution in [0, 0.1) is 11.3 Å². The number of dihydropyridines is 1. The smallest absolute Gasteiger partial charge is 0.162 e. The predicted octanol–water partition coefficient (Wildman–Crippen LogP) is 4.93. The van der Waals surface area contributed by atoms with E-state index in [9.17, 15) is 15.2 Å². The van der Waals surface area contributed by atoms with Crippen molar-refractivity contribution in [3.8, 4) is 11.8 Å². The highest BCUT2D eigenvalue weighted by atomic mass is 35.5. The summed E-state index contributed by atoms with van der Waals surface area (Å²) in [6.07, 6.45) is 1.10. The summed E-state index contributed by atoms with van der Waals surface area (Å²) in [7, 11) is 0. The number of hydrogen-bond acceptors (Lipinski definition) is 4. The standard InChI is InChI=1S/C23H19ClN2O2/c1-13-19(12-25)22(15-4-8-18(27)9-5-15)23-20(26-13)10-16(11-21(23)28)14-2-6-17(24)7-3-14/h2-9,16,22,26-27H,10-11H2,1H3/t16-,22+/m0/s1. The molecule has 0 saturated heterocycles. The van der Waals surface area contributed by atoms with E-state index >= 15 is 0 Å². The van der Waals surface area contributed by atoms with Crippen molar-refractivity contribution < 1.29 is 9.90 Å². The van der Waals surface area contributed by atoms with Gasteiger partial charge in [0.05, 0.1) is 17.6 Å². The first kappa shape index (κ1) is 18.3. The van der Waals surface area contributed by atoms with E-state index in [-0.39, 0.29) is 17.5 Å². The van der Waals surface area contributed by atoms with Crippen LogP contribution in [-0.2, 0) is 4.79 Å². The summed E-state index contributed by atoms with van der Waals surface area (Å²) < 4.78 is 0. The van der Waals surface area contributed by atoms with E-state index < -0.39 is 5.92 Å². The van der Waals surface area contributed by atoms with Crippen LogP contribution in [0.5, 0.6) is 5.75 Å². The second-order valence-electron chi connectivity index (χ2n) is 7.27. The molecule has 0 spiro atoms. The number of phenolic OH excluding ortho intramolecular Hbond substituents is 1. The van der Waals surface area contributed by atoms with Crippen molar-refractivity contribution >= 4 is 17.4 Å². The van der Waals surface area contributed by atoms with Gasteiger partial charge >= 0.3 is 0 Å². The number of carbonyl (C=O) groups is 1. The van der Waals surface area contributed by atoms with Gasteiger partial charge in [-0.1, -0.05) is 35.9 Å². The van der Waals surface area contributed by atoms with Gasteiger partial charge in [-0.25, -0.2) is 0 Å². The van der Waals surface area contributed by atoms with Gasteiger partial charge in [-0.05, 0) is 54.7 Å². The number of rotatable bonds is 2. The van der Waals surface area contributed by atoms with Crippen molar-refractivity contribution in [1.29, 1.82) is 5.26 Å². The van der Waals surface area contributed by atoms with E-state index in [1.807, 2.05) is 31.2 Å². The molecule has 0 unspecified atom stereocenters. The van der Waals surface area contributed by atoms with Gasteiger partial charge in [-0.2, -0.15) is 5.26 Å². The van der Waals surface area contributed by atoms with Crippen LogP contribution in [-0.4, -0.2) is 10.9 Å². The minimum Gasteiger partial charge on any atom is -0.508 e. The fourth-order valence-electron chi connectivity index (χ4n) is 4.16. The van der Waals surface area contributed by atoms with Crippen LogP contribution in [0.4, 0.5) is 0 Å². The first-order chi connectivity index (χ1) is 13.5. The molecule has 2 aliphatic rings. The number of nitrogens with zero attached hydrogens (tertiary/aromatic N) is 1. The zero-order valence-corrected chi connectivity index (χ0v) is 16.1. The topological polar surface area (TPSA) is 73.1 Å². The molecule has 1 heterocycles. The van der Waals surface area contributed by atoms with Gasteiger partial charge in [0.1, 0.15) is 5.75 Å². The van der Waals surface area contributed by atoms with Crippen LogP contribution in [0.1, 0.15) is 42.7 Å². The molecule has 0 bridgehead atoms. The molecule has 1 aliphatic heterocycles. The molecule has 0 aromatic heterocycles. The van der Waals surface area contributed by atoms with Crippen LogP contribution in [0.25, 0.3) is 0 Å². The van der Waals surface area contributed by atoms with Crippen LogP contribution in [0.3, 0.4) is 0 Å². The fourth-order valence-corrected chi connectivity index (χ4v) is 4.28. The molecule has 2 aromatic carbocycles. The second kappa shape index (κ2) is 7.18. The van der Waals surface area contributed by atoms with Crippen LogP contribution >= 0.6 is 11.6 Å². The lowest BCUT2D eigenvalue weighted by Crippen LogP contribution is -2.33. The number of carbonyl (C=O) groups excluding carboxylic acids is 1. The molecular weight excluding hydrogens is 372 g/mol. The van der Waals surface area contributed by atoms with E-state index in [0.29, 0.717) is 29.0 Å². The van der Waals surface area contributed by atoms with Crippen LogP contribution < -0.4 is 5.32 Å². The largest absolute Gasteiger partial charge is 0.508 e. The molecule has 0 radical (unpaired) electrons. The zero-order valence-electron chi connectivity index (χ0n) is 15.4. The Morgan fingerprint density at radius 3 is 2.36 bits per heavy atom. The Balaban J connectivity index is 1.77. The van der Waals surface area contributed by atoms with E-state index in [0.717, 1.165) is 22.5 Å². The SMILES string of the molecule is CC1=C(C#N)[C@@H](c2ccc(O)cc2)C2=C(C[C@H](c3ccc(Cl)cc3)CC2=O)N1. The molecule has 2 aromatic rings. The number of nitriles is 1. The molecule has 0 fully saturated rings. The Labute approximate surface area is 168 Å². The number of allylic oxidation sites excluding steroid dienone is 4. The Morgan fingerprint density at radius 1 is 1.07 bits per heavy atom. The molecule has 28 heavy (non-hydrogen) atoms. The van der Waals surface area contributed by atoms with E-state index in [1.54, 1.807) is 24.3 Å². The highest BCUT2D eigenvalue weighted by molar-refractivity contribution is 6.30. The van der Waals surface area contributed by atoms with Crippen molar-refractivity contribution in [2.45, 2.75) is 31.6 Å². The quantitative estimate of drug-likeness (QED) is 0.762. The maximum absolute atomic E-state index is 13.2. The molecule has 0 amide bonds. The van der Waals surface area contributed by atoms with Gasteiger partial charge in [0.2, 0.25) is 0 Å². The maximum Gasteiger partial charge on any atom is 0.162 e. The third kappa shape index (κ3) is 3.19. The van der Waals surface area contributed by atoms with Gasteiger partial charge in [-0.3, -0.25) is 4.79 Å². The molecule has 140 valence electrons. The van der Waals surface area contributed by atoms with Gasteiger partial charge < -0.3 is 10.4 Å². The van der Waals surface area contributed by atoms with Crippen molar-refractivity contribution in [3.63, 3.8) is 0 Å². The summed E-state index contributed by atoms with van der Waals surface area (Å²) in [4.78, 5) is 13.2. The van der Waals surface area contributed by atoms with Crippen molar-refractivity contribution in [2.75, 3.05) is 0 Å². The number of nitrogens with one attached hydrogen (secondary N) is 1. The average molecular weight is 391 g/mol. The third-order valence-electron chi connectivity index (χ3n) is 5.52. The number of hydrogen-bond donors (Lipinski definition) is 2. The van der Waals surface area contributed by atoms with Gasteiger partial charge in [0.15, 0.2) is 5.78 Å². The second-order valence-corrected chi connectivity index (χ2v) is 7.71. The number of Topliss-reactive ketones (excluding diaryl/α,β-unsaturated/α-hetero) is 1. The zero-order chi connectivity index (χ0) is 19.8. The van der Waals surface area contributed by atoms with E-state index in [2.05, 4.69) is 11.4 Å². The summed E-state index contributed by atoms with van der Waals surface area (Å²) in [5.74, 6) is -0.121. The van der Waals surface area contributed by atoms with Gasteiger partial charge in [-0.15, -0.1) is 0 Å². The monoisotopic (exact) mass is 390 g/mol. The molecule has 4 nitrogen and oxygen atoms in total. The first-order valence-corrected chi connectivity index (χ1v) is 9.54. The Hall–Kier alpha value is -3.03. The molecular formula is C23H19ClN2O2. The van der Waals surface area contributed by atoms with Crippen LogP contribution in [0.2, 0.25) is 5.02 Å². The van der Waals surface area contributed by atoms with Crippen molar-refractivity contribution in [2.24, 2.45) is 0 Å². The predicted molar refractivity (Wildman–Crippen MR) is 108 cm³/mol. The van der Waals surface area contributed by atoms with Crippen LogP contribution in [0.15, 0.2) is 71.1 Å². The summed E-state index contributed by atoms with van der Waals surface area (Å²) in [5, 5.41) is 23.3. The molecule has 1 aliphatic carbocycles. The number of aromatic hydroxyl groups is 1. The number of benzene rings is 2. The van der Waals surface area contributed by atoms with Gasteiger partial charge in [0.25, 0.3) is 0 Å². The lowest BCUT2D eigenvalue weighted by atomic mass is 9.72. The minimum absolute atomic E-state index is 0.0482. The Kier molecular flexibility index (Phi) is 4.70. The Morgan fingerprint density at radius 2 is 1.71 bits per heavy atom. The summed E-state index contributed by atoms with van der Waals surface area (Å²) in [6.45, 7) is 1.87. The molecule has 2 atom stereocenters. The van der Waals surface area contributed by atoms with E-state index in [1.165, 1.54) is 0 Å². The number of halogens is 1. The lowest BCUT2D eigenvalue weighted by molar-refractivity contribution is -0.116. The molecule has 4 rings (SSSR count). The third-order valence-corrected chi connectivity index (χ3v) is 5.77. The summed E-state index contributed by atoms with van der Waals surface area (Å²) in [5.41, 5.74) is 4.77. The minimum atomic E-state index is -0.402. The molecule has 2 N–H and O–H groups in total. The summed E-state index contributed by atoms with van der Waals surface area (Å²) >= 11 is 6.00. The number of ketones is 1. The first-order valence-electron chi connectivity index (χ1n) is 9.16. The molecule has 0 saturated carbocycles. The van der Waals surface area contributed by atoms with E-state index in [4.69, 9.17) is 11.6 Å². The summed E-state index contributed by atoms with van der Waals surface area (Å²) in [6, 6.07) is 16.6. The fraction of sp³-hybridized carbons (Fsp3) is 0.217. The Bertz CT molecular complexity index is 1040. The number of phenols is 1. The highest BCUT2D eigenvalue weighted by Crippen LogP contribution is 2.45. The van der Waals surface area contributed by atoms with Crippen molar-refractivity contribution in [3.05, 3.63) is 87.2 Å². The van der Waals surface area contributed by atoms with Crippen molar-refractivity contribution in [1.82, 2.24) is 5.32 Å². The average Bonchev–Trinajstić information content (AvgIpc) is 2.68. The maximum atomic E-state index is 13.2. The molecule has 5 heteroatoms. The van der Waals surface area contributed by atoms with Gasteiger partial charge in [0, 0.05) is 28.4 Å². The highest BCUT2D eigenvalue weighted by Gasteiger charge is 2.38. The lowest BCUT2D eigenvalue weighted by Gasteiger charge is -2.35. The normalized spacial score (nSPS) is 21.8.